The van der Waals surface area contributed by atoms with Gasteiger partial charge in [-0.1, -0.05) is 23.5 Å². The molecule has 0 saturated carbocycles. The third-order valence-corrected chi connectivity index (χ3v) is 5.32. The molecule has 0 N–H and O–H groups in total. The molecule has 124 valence electrons. The van der Waals surface area contributed by atoms with Crippen molar-refractivity contribution in [2.75, 3.05) is 31.1 Å². The number of carbonyl (C=O) groups excluding carboxylic acids is 1. The Bertz CT molecular complexity index is 860. The van der Waals surface area contributed by atoms with Crippen molar-refractivity contribution in [3.63, 3.8) is 0 Å². The second kappa shape index (κ2) is 5.90. The first-order valence-electron chi connectivity index (χ1n) is 7.95. The van der Waals surface area contributed by atoms with Crippen LogP contribution in [0.25, 0.3) is 10.2 Å². The molecule has 0 radical (unpaired) electrons. The molecule has 1 aromatic carbocycles. The fourth-order valence-electron chi connectivity index (χ4n) is 2.97. The van der Waals surface area contributed by atoms with Gasteiger partial charge in [0.05, 0.1) is 10.2 Å². The number of amides is 1. The normalized spacial score (nSPS) is 15.2. The molecule has 7 heteroatoms. The van der Waals surface area contributed by atoms with E-state index < -0.39 is 0 Å². The Labute approximate surface area is 143 Å². The van der Waals surface area contributed by atoms with E-state index in [1.165, 1.54) is 4.70 Å². The lowest BCUT2D eigenvalue weighted by atomic mass is 10.2. The monoisotopic (exact) mass is 342 g/mol. The zero-order valence-corrected chi connectivity index (χ0v) is 14.5. The van der Waals surface area contributed by atoms with Crippen molar-refractivity contribution in [2.45, 2.75) is 13.8 Å². The molecule has 4 rings (SSSR count). The SMILES string of the molecule is Cc1nc(C(=O)N2CCN(c3nc4ccccc4s3)CC2)c(C)o1. The van der Waals surface area contributed by atoms with Gasteiger partial charge in [-0.25, -0.2) is 9.97 Å². The van der Waals surface area contributed by atoms with Gasteiger partial charge in [-0.2, -0.15) is 0 Å². The highest BCUT2D eigenvalue weighted by atomic mass is 32.1. The van der Waals surface area contributed by atoms with Gasteiger partial charge in [-0.15, -0.1) is 0 Å². The van der Waals surface area contributed by atoms with Crippen molar-refractivity contribution in [1.29, 1.82) is 0 Å². The molecule has 1 aliphatic heterocycles. The minimum absolute atomic E-state index is 0.0479. The van der Waals surface area contributed by atoms with E-state index >= 15 is 0 Å². The van der Waals surface area contributed by atoms with Crippen LogP contribution in [0.15, 0.2) is 28.7 Å². The summed E-state index contributed by atoms with van der Waals surface area (Å²) in [7, 11) is 0. The minimum Gasteiger partial charge on any atom is -0.445 e. The fraction of sp³-hybridized carbons (Fsp3) is 0.353. The van der Waals surface area contributed by atoms with Crippen molar-refractivity contribution in [2.24, 2.45) is 0 Å². The van der Waals surface area contributed by atoms with Crippen molar-refractivity contribution in [3.8, 4) is 0 Å². The van der Waals surface area contributed by atoms with E-state index in [9.17, 15) is 4.79 Å². The van der Waals surface area contributed by atoms with E-state index in [0.29, 0.717) is 30.4 Å². The lowest BCUT2D eigenvalue weighted by Crippen LogP contribution is -2.49. The standard InChI is InChI=1S/C17H18N4O2S/c1-11-15(18-12(2)23-11)16(22)20-7-9-21(10-8-20)17-19-13-5-3-4-6-14(13)24-17/h3-6H,7-10H2,1-2H3. The molecule has 0 unspecified atom stereocenters. The number of hydrogen-bond acceptors (Lipinski definition) is 6. The number of anilines is 1. The Morgan fingerprint density at radius 2 is 1.88 bits per heavy atom. The van der Waals surface area contributed by atoms with E-state index in [0.717, 1.165) is 23.7 Å². The number of aryl methyl sites for hydroxylation is 2. The zero-order chi connectivity index (χ0) is 16.7. The number of piperazine rings is 1. The van der Waals surface area contributed by atoms with E-state index in [4.69, 9.17) is 9.40 Å². The van der Waals surface area contributed by atoms with Crippen molar-refractivity contribution in [3.05, 3.63) is 41.6 Å². The highest BCUT2D eigenvalue weighted by Gasteiger charge is 2.27. The lowest BCUT2D eigenvalue weighted by Gasteiger charge is -2.34. The van der Waals surface area contributed by atoms with Crippen LogP contribution in [0.3, 0.4) is 0 Å². The van der Waals surface area contributed by atoms with Crippen LogP contribution in [0.5, 0.6) is 0 Å². The van der Waals surface area contributed by atoms with Gasteiger partial charge < -0.3 is 14.2 Å². The van der Waals surface area contributed by atoms with Gasteiger partial charge in [-0.05, 0) is 19.1 Å². The quantitative estimate of drug-likeness (QED) is 0.717. The molecule has 24 heavy (non-hydrogen) atoms. The van der Waals surface area contributed by atoms with Crippen molar-refractivity contribution in [1.82, 2.24) is 14.9 Å². The second-order valence-electron chi connectivity index (χ2n) is 5.88. The maximum absolute atomic E-state index is 12.6. The molecule has 1 saturated heterocycles. The summed E-state index contributed by atoms with van der Waals surface area (Å²) in [5.74, 6) is 1.07. The van der Waals surface area contributed by atoms with Gasteiger partial charge in [0.1, 0.15) is 5.76 Å². The van der Waals surface area contributed by atoms with Crippen LogP contribution in [0.2, 0.25) is 0 Å². The van der Waals surface area contributed by atoms with Crippen molar-refractivity contribution < 1.29 is 9.21 Å². The molecule has 0 aliphatic carbocycles. The average molecular weight is 342 g/mol. The van der Waals surface area contributed by atoms with E-state index in [2.05, 4.69) is 16.0 Å². The molecule has 3 heterocycles. The maximum Gasteiger partial charge on any atom is 0.276 e. The highest BCUT2D eigenvalue weighted by Crippen LogP contribution is 2.29. The summed E-state index contributed by atoms with van der Waals surface area (Å²) in [5, 5.41) is 1.02. The number of oxazole rings is 1. The summed E-state index contributed by atoms with van der Waals surface area (Å²) in [4.78, 5) is 25.6. The highest BCUT2D eigenvalue weighted by molar-refractivity contribution is 7.22. The predicted octanol–water partition coefficient (Wildman–Crippen LogP) is 2.86. The van der Waals surface area contributed by atoms with Crippen LogP contribution in [0.1, 0.15) is 22.1 Å². The summed E-state index contributed by atoms with van der Waals surface area (Å²) in [6.07, 6.45) is 0. The Balaban J connectivity index is 1.46. The smallest absolute Gasteiger partial charge is 0.276 e. The Morgan fingerprint density at radius 1 is 1.12 bits per heavy atom. The van der Waals surface area contributed by atoms with Gasteiger partial charge in [0.15, 0.2) is 16.7 Å². The molecular weight excluding hydrogens is 324 g/mol. The number of rotatable bonds is 2. The first-order chi connectivity index (χ1) is 11.6. The number of fused-ring (bicyclic) bond motifs is 1. The van der Waals surface area contributed by atoms with Crippen LogP contribution >= 0.6 is 11.3 Å². The van der Waals surface area contributed by atoms with Gasteiger partial charge in [0, 0.05) is 33.1 Å². The third kappa shape index (κ3) is 2.65. The summed E-state index contributed by atoms with van der Waals surface area (Å²) in [6.45, 7) is 6.43. The van der Waals surface area contributed by atoms with Gasteiger partial charge in [0.2, 0.25) is 0 Å². The third-order valence-electron chi connectivity index (χ3n) is 4.23. The number of benzene rings is 1. The van der Waals surface area contributed by atoms with E-state index in [-0.39, 0.29) is 5.91 Å². The van der Waals surface area contributed by atoms with Crippen LogP contribution in [0.4, 0.5) is 5.13 Å². The summed E-state index contributed by atoms with van der Waals surface area (Å²) < 4.78 is 6.57. The molecule has 3 aromatic rings. The molecule has 1 amide bonds. The summed E-state index contributed by atoms with van der Waals surface area (Å²) in [5.41, 5.74) is 1.46. The Morgan fingerprint density at radius 3 is 2.54 bits per heavy atom. The molecular formula is C17H18N4O2S. The number of thiazole rings is 1. The first-order valence-corrected chi connectivity index (χ1v) is 8.77. The number of nitrogens with zero attached hydrogens (tertiary/aromatic N) is 4. The van der Waals surface area contributed by atoms with Gasteiger partial charge >= 0.3 is 0 Å². The summed E-state index contributed by atoms with van der Waals surface area (Å²) in [6, 6.07) is 8.16. The molecule has 1 aliphatic rings. The van der Waals surface area contributed by atoms with E-state index in [1.54, 1.807) is 25.2 Å². The molecule has 2 aromatic heterocycles. The Hall–Kier alpha value is -2.41. The lowest BCUT2D eigenvalue weighted by molar-refractivity contribution is 0.0739. The fourth-order valence-corrected chi connectivity index (χ4v) is 3.99. The topological polar surface area (TPSA) is 62.5 Å². The average Bonchev–Trinajstić information content (AvgIpc) is 3.17. The molecule has 0 spiro atoms. The summed E-state index contributed by atoms with van der Waals surface area (Å²) >= 11 is 1.70. The second-order valence-corrected chi connectivity index (χ2v) is 6.89. The number of aromatic nitrogens is 2. The first kappa shape index (κ1) is 15.1. The predicted molar refractivity (Wildman–Crippen MR) is 93.7 cm³/mol. The molecule has 0 bridgehead atoms. The number of para-hydroxylation sites is 1. The Kier molecular flexibility index (Phi) is 3.72. The van der Waals surface area contributed by atoms with Crippen LogP contribution in [-0.2, 0) is 0 Å². The molecule has 1 fully saturated rings. The zero-order valence-electron chi connectivity index (χ0n) is 13.7. The largest absolute Gasteiger partial charge is 0.445 e. The minimum atomic E-state index is -0.0479. The maximum atomic E-state index is 12.6. The van der Waals surface area contributed by atoms with Crippen LogP contribution in [-0.4, -0.2) is 47.0 Å². The number of hydrogen-bond donors (Lipinski definition) is 0. The van der Waals surface area contributed by atoms with Gasteiger partial charge in [-0.3, -0.25) is 4.79 Å². The van der Waals surface area contributed by atoms with Crippen molar-refractivity contribution >= 4 is 32.6 Å². The molecule has 0 atom stereocenters. The van der Waals surface area contributed by atoms with Crippen LogP contribution in [0, 0.1) is 13.8 Å². The van der Waals surface area contributed by atoms with E-state index in [1.807, 2.05) is 23.1 Å². The van der Waals surface area contributed by atoms with Gasteiger partial charge in [0.25, 0.3) is 5.91 Å². The molecule has 6 nitrogen and oxygen atoms in total. The number of carbonyl (C=O) groups is 1. The van der Waals surface area contributed by atoms with Crippen LogP contribution < -0.4 is 4.90 Å².